The Balaban J connectivity index is 1.93. The molecule has 0 amide bonds. The highest BCUT2D eigenvalue weighted by atomic mass is 32.2. The molecule has 0 bridgehead atoms. The number of aliphatic hydroxyl groups is 1. The third-order valence-corrected chi connectivity index (χ3v) is 4.24. The van der Waals surface area contributed by atoms with Crippen molar-refractivity contribution < 1.29 is 5.11 Å². The fourth-order valence-electron chi connectivity index (χ4n) is 2.17. The lowest BCUT2D eigenvalue weighted by atomic mass is 10.1. The molecule has 3 rings (SSSR count). The van der Waals surface area contributed by atoms with Gasteiger partial charge in [0.25, 0.3) is 0 Å². The Morgan fingerprint density at radius 1 is 1.47 bits per heavy atom. The fraction of sp³-hybridized carbons (Fsp3) is 0.727. The zero-order valence-electron chi connectivity index (χ0n) is 8.78. The highest BCUT2D eigenvalue weighted by Crippen LogP contribution is 2.33. The van der Waals surface area contributed by atoms with Crippen molar-refractivity contribution in [1.29, 1.82) is 0 Å². The Labute approximate surface area is 93.9 Å². The summed E-state index contributed by atoms with van der Waals surface area (Å²) in [5.74, 6) is 3.04. The molecule has 1 aliphatic heterocycles. The maximum atomic E-state index is 9.43. The van der Waals surface area contributed by atoms with Gasteiger partial charge in [-0.1, -0.05) is 0 Å². The topological polar surface area (TPSA) is 38.1 Å². The number of fused-ring (bicyclic) bond motifs is 1. The van der Waals surface area contributed by atoms with Crippen molar-refractivity contribution in [2.24, 2.45) is 5.92 Å². The van der Waals surface area contributed by atoms with Crippen LogP contribution in [0.15, 0.2) is 0 Å². The summed E-state index contributed by atoms with van der Waals surface area (Å²) in [6, 6.07) is 0. The summed E-state index contributed by atoms with van der Waals surface area (Å²) in [6.07, 6.45) is 3.75. The minimum absolute atomic E-state index is 0.148. The molecule has 0 aromatic carbocycles. The Morgan fingerprint density at radius 3 is 3.07 bits per heavy atom. The predicted octanol–water partition coefficient (Wildman–Crippen LogP) is 1.57. The second-order valence-corrected chi connectivity index (χ2v) is 5.56. The lowest BCUT2D eigenvalue weighted by Crippen LogP contribution is -2.07. The molecule has 1 aliphatic carbocycles. The number of hydrogen-bond donors (Lipinski definition) is 1. The fourth-order valence-corrected chi connectivity index (χ4v) is 3.19. The first-order valence-electron chi connectivity index (χ1n) is 5.64. The van der Waals surface area contributed by atoms with E-state index >= 15 is 0 Å². The highest BCUT2D eigenvalue weighted by molar-refractivity contribution is 7.98. The van der Waals surface area contributed by atoms with Crippen LogP contribution in [0.3, 0.4) is 0 Å². The van der Waals surface area contributed by atoms with E-state index < -0.39 is 0 Å². The first kappa shape index (κ1) is 9.73. The molecule has 2 heterocycles. The molecule has 2 aliphatic rings. The van der Waals surface area contributed by atoms with Crippen molar-refractivity contribution in [2.75, 3.05) is 5.75 Å². The number of rotatable bonds is 3. The van der Waals surface area contributed by atoms with E-state index in [0.29, 0.717) is 0 Å². The molecule has 15 heavy (non-hydrogen) atoms. The Kier molecular flexibility index (Phi) is 2.48. The quantitative estimate of drug-likeness (QED) is 0.847. The lowest BCUT2D eigenvalue weighted by molar-refractivity contribution is 0.265. The molecule has 0 saturated heterocycles. The van der Waals surface area contributed by atoms with E-state index in [2.05, 4.69) is 9.78 Å². The minimum Gasteiger partial charge on any atom is -0.390 e. The van der Waals surface area contributed by atoms with Gasteiger partial charge >= 0.3 is 0 Å². The molecule has 4 heteroatoms. The molecule has 1 aromatic rings. The maximum Gasteiger partial charge on any atom is 0.0853 e. The van der Waals surface area contributed by atoms with E-state index in [1.54, 1.807) is 0 Å². The molecule has 1 saturated carbocycles. The van der Waals surface area contributed by atoms with Crippen LogP contribution in [-0.2, 0) is 25.3 Å². The molecular formula is C11H16N2OS. The van der Waals surface area contributed by atoms with Gasteiger partial charge < -0.3 is 5.11 Å². The van der Waals surface area contributed by atoms with E-state index in [0.717, 1.165) is 30.3 Å². The predicted molar refractivity (Wildman–Crippen MR) is 60.7 cm³/mol. The average Bonchev–Trinajstić information content (AvgIpc) is 2.99. The Bertz CT molecular complexity index is 371. The lowest BCUT2D eigenvalue weighted by Gasteiger charge is -2.10. The van der Waals surface area contributed by atoms with E-state index in [9.17, 15) is 5.11 Å². The summed E-state index contributed by atoms with van der Waals surface area (Å²) >= 11 is 1.95. The zero-order valence-corrected chi connectivity index (χ0v) is 9.59. The van der Waals surface area contributed by atoms with Gasteiger partial charge in [0.1, 0.15) is 0 Å². The number of hydrogen-bond acceptors (Lipinski definition) is 3. The van der Waals surface area contributed by atoms with Crippen LogP contribution in [0.5, 0.6) is 0 Å². The number of thioether (sulfide) groups is 1. The van der Waals surface area contributed by atoms with Crippen LogP contribution >= 0.6 is 11.8 Å². The van der Waals surface area contributed by atoms with Crippen LogP contribution in [-0.4, -0.2) is 20.6 Å². The molecular weight excluding hydrogens is 208 g/mol. The molecule has 1 aromatic heterocycles. The molecule has 0 atom stereocenters. The molecule has 3 nitrogen and oxygen atoms in total. The summed E-state index contributed by atoms with van der Waals surface area (Å²) < 4.78 is 2.06. The third kappa shape index (κ3) is 1.81. The van der Waals surface area contributed by atoms with Gasteiger partial charge in [-0.3, -0.25) is 4.68 Å². The van der Waals surface area contributed by atoms with Crippen LogP contribution in [0.1, 0.15) is 29.8 Å². The van der Waals surface area contributed by atoms with Crippen molar-refractivity contribution in [3.8, 4) is 0 Å². The summed E-state index contributed by atoms with van der Waals surface area (Å²) in [5, 5.41) is 14.1. The monoisotopic (exact) mass is 224 g/mol. The average molecular weight is 224 g/mol. The largest absolute Gasteiger partial charge is 0.390 e. The first-order valence-corrected chi connectivity index (χ1v) is 6.80. The molecule has 0 radical (unpaired) electrons. The van der Waals surface area contributed by atoms with E-state index in [1.807, 2.05) is 11.8 Å². The van der Waals surface area contributed by atoms with Crippen molar-refractivity contribution in [1.82, 2.24) is 9.78 Å². The summed E-state index contributed by atoms with van der Waals surface area (Å²) in [6.45, 7) is 1.17. The Morgan fingerprint density at radius 2 is 2.33 bits per heavy atom. The molecule has 1 N–H and O–H groups in total. The van der Waals surface area contributed by atoms with E-state index in [1.165, 1.54) is 29.9 Å². The van der Waals surface area contributed by atoms with Crippen molar-refractivity contribution >= 4 is 11.8 Å². The van der Waals surface area contributed by atoms with Crippen LogP contribution in [0, 0.1) is 5.92 Å². The summed E-state index contributed by atoms with van der Waals surface area (Å²) in [5.41, 5.74) is 3.62. The second-order valence-electron chi connectivity index (χ2n) is 4.46. The van der Waals surface area contributed by atoms with E-state index in [-0.39, 0.29) is 6.61 Å². The van der Waals surface area contributed by atoms with Gasteiger partial charge in [-0.25, -0.2) is 0 Å². The summed E-state index contributed by atoms with van der Waals surface area (Å²) in [4.78, 5) is 0. The van der Waals surface area contributed by atoms with Gasteiger partial charge in [0.05, 0.1) is 18.0 Å². The molecule has 1 fully saturated rings. The van der Waals surface area contributed by atoms with Crippen molar-refractivity contribution in [3.63, 3.8) is 0 Å². The van der Waals surface area contributed by atoms with Crippen LogP contribution in [0.25, 0.3) is 0 Å². The first-order chi connectivity index (χ1) is 7.38. The van der Waals surface area contributed by atoms with Gasteiger partial charge in [-0.2, -0.15) is 16.9 Å². The number of nitrogens with zero attached hydrogens (tertiary/aromatic N) is 2. The van der Waals surface area contributed by atoms with Gasteiger partial charge in [-0.15, -0.1) is 0 Å². The summed E-state index contributed by atoms with van der Waals surface area (Å²) in [7, 11) is 0. The van der Waals surface area contributed by atoms with Gasteiger partial charge in [0.15, 0.2) is 0 Å². The number of aromatic nitrogens is 2. The molecule has 82 valence electrons. The molecule has 0 unspecified atom stereocenters. The zero-order chi connectivity index (χ0) is 10.3. The Hall–Kier alpha value is -0.480. The van der Waals surface area contributed by atoms with E-state index in [4.69, 9.17) is 0 Å². The SMILES string of the molecule is OCc1c2c(nn1CC1CC1)CCSC2. The van der Waals surface area contributed by atoms with Gasteiger partial charge in [0.2, 0.25) is 0 Å². The van der Waals surface area contributed by atoms with Crippen LogP contribution in [0.2, 0.25) is 0 Å². The molecule has 0 spiro atoms. The van der Waals surface area contributed by atoms with Crippen molar-refractivity contribution in [3.05, 3.63) is 17.0 Å². The minimum atomic E-state index is 0.148. The number of aryl methyl sites for hydroxylation is 1. The van der Waals surface area contributed by atoms with Gasteiger partial charge in [0, 0.05) is 24.3 Å². The third-order valence-electron chi connectivity index (χ3n) is 3.26. The van der Waals surface area contributed by atoms with Crippen LogP contribution in [0.4, 0.5) is 0 Å². The second kappa shape index (κ2) is 3.83. The maximum absolute atomic E-state index is 9.43. The standard InChI is InChI=1S/C11H16N2OS/c14-6-11-9-7-15-4-3-10(9)12-13(11)5-8-1-2-8/h8,14H,1-7H2. The smallest absolute Gasteiger partial charge is 0.0853 e. The van der Waals surface area contributed by atoms with Crippen LogP contribution < -0.4 is 0 Å². The number of aliphatic hydroxyl groups excluding tert-OH is 1. The van der Waals surface area contributed by atoms with Crippen molar-refractivity contribution in [2.45, 2.75) is 38.2 Å². The highest BCUT2D eigenvalue weighted by Gasteiger charge is 2.26. The van der Waals surface area contributed by atoms with Gasteiger partial charge in [-0.05, 0) is 24.5 Å². The normalized spacial score (nSPS) is 20.3.